The van der Waals surface area contributed by atoms with Gasteiger partial charge in [-0.25, -0.2) is 0 Å². The first-order valence-electron chi connectivity index (χ1n) is 8.88. The summed E-state index contributed by atoms with van der Waals surface area (Å²) in [7, 11) is 8.12. The zero-order chi connectivity index (χ0) is 21.4. The van der Waals surface area contributed by atoms with Gasteiger partial charge >= 0.3 is 177 Å². The van der Waals surface area contributed by atoms with E-state index in [2.05, 4.69) is 0 Å². The van der Waals surface area contributed by atoms with Crippen LogP contribution in [-0.2, 0) is 9.47 Å². The monoisotopic (exact) mass is 462 g/mol. The first kappa shape index (κ1) is 22.8. The summed E-state index contributed by atoms with van der Waals surface area (Å²) in [6, 6.07) is 10.7. The van der Waals surface area contributed by atoms with Crippen LogP contribution in [0.1, 0.15) is 20.7 Å². The summed E-state index contributed by atoms with van der Waals surface area (Å²) in [6.45, 7) is 1.28. The van der Waals surface area contributed by atoms with Gasteiger partial charge < -0.3 is 0 Å². The Morgan fingerprint density at radius 1 is 0.966 bits per heavy atom. The molecular weight excluding hydrogens is 437 g/mol. The van der Waals surface area contributed by atoms with Crippen LogP contribution in [-0.4, -0.2) is 81.2 Å². The van der Waals surface area contributed by atoms with E-state index in [1.165, 1.54) is 14.2 Å². The zero-order valence-electron chi connectivity index (χ0n) is 17.2. The molecule has 0 aliphatic rings. The Hall–Kier alpha value is -2.50. The van der Waals surface area contributed by atoms with Crippen LogP contribution in [0.25, 0.3) is 0 Å². The maximum absolute atomic E-state index is 12.4. The fourth-order valence-corrected chi connectivity index (χ4v) is 4.90. The molecule has 0 spiro atoms. The maximum atomic E-state index is 12.4. The molecular formula is C21H25AsNO6. The molecule has 8 heteroatoms. The van der Waals surface area contributed by atoms with Gasteiger partial charge in [0, 0.05) is 0 Å². The molecule has 1 radical (unpaired) electrons. The van der Waals surface area contributed by atoms with Gasteiger partial charge in [0.2, 0.25) is 0 Å². The Morgan fingerprint density at radius 3 is 2.31 bits per heavy atom. The molecule has 2 aromatic carbocycles. The average Bonchev–Trinajstić information content (AvgIpc) is 2.73. The van der Waals surface area contributed by atoms with Crippen molar-refractivity contribution < 1.29 is 28.5 Å². The summed E-state index contributed by atoms with van der Waals surface area (Å²) in [5.41, 5.74) is 0.424. The Kier molecular flexibility index (Phi) is 8.55. The van der Waals surface area contributed by atoms with Gasteiger partial charge in [-0.05, 0) is 0 Å². The van der Waals surface area contributed by atoms with Crippen LogP contribution < -0.4 is 18.2 Å². The topological polar surface area (TPSA) is 74.3 Å². The van der Waals surface area contributed by atoms with Crippen LogP contribution in [0.3, 0.4) is 0 Å². The second kappa shape index (κ2) is 10.9. The van der Waals surface area contributed by atoms with E-state index in [4.69, 9.17) is 18.9 Å². The number of rotatable bonds is 9. The molecule has 0 fully saturated rings. The standard InChI is InChI=1S/C21H25AsNO6/c1-23(2)11-12-29-18-13-14(26-3)9-10-16(18)22-17-8-6-7-15(20(24)27-4)19(17)21(25)28-5/h6-10,13H,11-12H2,1-5H3. The van der Waals surface area contributed by atoms with Crippen LogP contribution in [0.2, 0.25) is 0 Å². The number of hydrogen-bond acceptors (Lipinski definition) is 7. The minimum absolute atomic E-state index is 0.191. The van der Waals surface area contributed by atoms with Crippen molar-refractivity contribution in [3.8, 4) is 11.5 Å². The third-order valence-corrected chi connectivity index (χ3v) is 6.61. The summed E-state index contributed by atoms with van der Waals surface area (Å²) in [4.78, 5) is 26.6. The second-order valence-electron chi connectivity index (χ2n) is 6.28. The molecule has 0 aliphatic carbocycles. The Labute approximate surface area is 177 Å². The second-order valence-corrected chi connectivity index (χ2v) is 8.77. The summed E-state index contributed by atoms with van der Waals surface area (Å²) >= 11 is -0.675. The van der Waals surface area contributed by atoms with Gasteiger partial charge in [0.1, 0.15) is 0 Å². The van der Waals surface area contributed by atoms with E-state index >= 15 is 0 Å². The van der Waals surface area contributed by atoms with Crippen LogP contribution in [0, 0.1) is 0 Å². The number of esters is 2. The molecule has 0 aromatic heterocycles. The average molecular weight is 462 g/mol. The van der Waals surface area contributed by atoms with E-state index in [1.807, 2.05) is 43.3 Å². The number of nitrogens with zero attached hydrogens (tertiary/aromatic N) is 1. The molecule has 0 aliphatic heterocycles. The third kappa shape index (κ3) is 5.99. The van der Waals surface area contributed by atoms with Crippen molar-refractivity contribution in [3.63, 3.8) is 0 Å². The van der Waals surface area contributed by atoms with Crippen LogP contribution >= 0.6 is 0 Å². The van der Waals surface area contributed by atoms with Crippen molar-refractivity contribution in [2.24, 2.45) is 0 Å². The fraction of sp³-hybridized carbons (Fsp3) is 0.333. The van der Waals surface area contributed by atoms with E-state index in [9.17, 15) is 9.59 Å². The quantitative estimate of drug-likeness (QED) is 0.405. The van der Waals surface area contributed by atoms with Crippen molar-refractivity contribution in [1.82, 2.24) is 4.90 Å². The van der Waals surface area contributed by atoms with E-state index in [0.29, 0.717) is 18.1 Å². The summed E-state index contributed by atoms with van der Waals surface area (Å²) < 4.78 is 22.7. The number of carbonyl (C=O) groups is 2. The normalized spacial score (nSPS) is 11.0. The molecule has 7 nitrogen and oxygen atoms in total. The SMILES string of the molecule is COC(=O)c1cccc([As]c2ccc(OC)cc2OCCN(C)C)c1C(=O)OC. The van der Waals surface area contributed by atoms with Gasteiger partial charge in [-0.1, -0.05) is 0 Å². The number of carbonyl (C=O) groups excluding carboxylic acids is 2. The summed E-state index contributed by atoms with van der Waals surface area (Å²) in [5, 5.41) is 0. The third-order valence-electron chi connectivity index (χ3n) is 4.04. The fourth-order valence-electron chi connectivity index (χ4n) is 2.53. The van der Waals surface area contributed by atoms with E-state index in [0.717, 1.165) is 15.2 Å². The molecule has 0 saturated heterocycles. The van der Waals surface area contributed by atoms with Crippen LogP contribution in [0.15, 0.2) is 36.4 Å². The molecule has 0 N–H and O–H groups in total. The first-order chi connectivity index (χ1) is 13.9. The molecule has 0 amide bonds. The number of likely N-dealkylation sites (N-methyl/N-ethyl adjacent to an activating group) is 1. The van der Waals surface area contributed by atoms with Gasteiger partial charge in [0.15, 0.2) is 0 Å². The first-order valence-corrected chi connectivity index (χ1v) is 10.8. The van der Waals surface area contributed by atoms with E-state index in [-0.39, 0.29) is 11.1 Å². The van der Waals surface area contributed by atoms with Crippen molar-refractivity contribution in [2.45, 2.75) is 0 Å². The van der Waals surface area contributed by atoms with Crippen molar-refractivity contribution in [3.05, 3.63) is 47.5 Å². The van der Waals surface area contributed by atoms with Gasteiger partial charge in [-0.3, -0.25) is 0 Å². The minimum atomic E-state index is -0.675. The van der Waals surface area contributed by atoms with Crippen molar-refractivity contribution in [1.29, 1.82) is 0 Å². The Balaban J connectivity index is 2.44. The Morgan fingerprint density at radius 2 is 1.69 bits per heavy atom. The molecule has 155 valence electrons. The molecule has 0 bridgehead atoms. The van der Waals surface area contributed by atoms with Gasteiger partial charge in [0.05, 0.1) is 0 Å². The van der Waals surface area contributed by atoms with E-state index < -0.39 is 27.7 Å². The summed E-state index contributed by atoms with van der Waals surface area (Å²) in [5.74, 6) is 0.238. The predicted molar refractivity (Wildman–Crippen MR) is 111 cm³/mol. The van der Waals surface area contributed by atoms with Gasteiger partial charge in [0.25, 0.3) is 0 Å². The van der Waals surface area contributed by atoms with Crippen molar-refractivity contribution in [2.75, 3.05) is 48.6 Å². The number of ether oxygens (including phenoxy) is 4. The summed E-state index contributed by atoms with van der Waals surface area (Å²) in [6.07, 6.45) is 0. The van der Waals surface area contributed by atoms with Gasteiger partial charge in [-0.2, -0.15) is 0 Å². The molecule has 2 aromatic rings. The molecule has 29 heavy (non-hydrogen) atoms. The van der Waals surface area contributed by atoms with Gasteiger partial charge in [-0.15, -0.1) is 0 Å². The molecule has 0 atom stereocenters. The zero-order valence-corrected chi connectivity index (χ0v) is 19.1. The molecule has 2 rings (SSSR count). The predicted octanol–water partition coefficient (Wildman–Crippen LogP) is 0.864. The van der Waals surface area contributed by atoms with Crippen LogP contribution in [0.5, 0.6) is 11.5 Å². The Bertz CT molecular complexity index is 868. The number of hydrogen-bond donors (Lipinski definition) is 0. The van der Waals surface area contributed by atoms with Crippen molar-refractivity contribution >= 4 is 36.4 Å². The molecule has 0 heterocycles. The molecule has 0 saturated carbocycles. The number of methoxy groups -OCH3 is 3. The number of benzene rings is 2. The molecule has 0 unspecified atom stereocenters. The van der Waals surface area contributed by atoms with Crippen LogP contribution in [0.4, 0.5) is 0 Å². The van der Waals surface area contributed by atoms with E-state index in [1.54, 1.807) is 19.2 Å².